The Bertz CT molecular complexity index is 264. The van der Waals surface area contributed by atoms with Crippen molar-refractivity contribution >= 4 is 0 Å². The van der Waals surface area contributed by atoms with Crippen LogP contribution in [0.2, 0.25) is 0 Å². The first-order valence-corrected chi connectivity index (χ1v) is 6.89. The maximum atomic E-state index is 10.8. The van der Waals surface area contributed by atoms with Crippen LogP contribution >= 0.6 is 0 Å². The van der Waals surface area contributed by atoms with Crippen molar-refractivity contribution in [2.75, 3.05) is 0 Å². The second kappa shape index (κ2) is 4.55. The third-order valence-electron chi connectivity index (χ3n) is 4.05. The summed E-state index contributed by atoms with van der Waals surface area (Å²) in [6, 6.07) is 0. The van der Waals surface area contributed by atoms with E-state index in [0.29, 0.717) is 5.92 Å². The van der Waals surface area contributed by atoms with E-state index in [9.17, 15) is 5.11 Å². The molecule has 0 amide bonds. The standard InChI is InChI=1S/C15H30O2/c1-11(2)8-9-15(7,16)12-10-13(3,4)17-14(12,5)6/h11-12,16H,8-10H2,1-7H3. The van der Waals surface area contributed by atoms with Crippen LogP contribution in [0.5, 0.6) is 0 Å². The average Bonchev–Trinajstić information content (AvgIpc) is 2.31. The van der Waals surface area contributed by atoms with Gasteiger partial charge in [-0.3, -0.25) is 0 Å². The van der Waals surface area contributed by atoms with Gasteiger partial charge in [0.2, 0.25) is 0 Å². The summed E-state index contributed by atoms with van der Waals surface area (Å²) in [5, 5.41) is 10.8. The first kappa shape index (κ1) is 15.0. The van der Waals surface area contributed by atoms with Gasteiger partial charge < -0.3 is 9.84 Å². The lowest BCUT2D eigenvalue weighted by molar-refractivity contribution is -0.111. The van der Waals surface area contributed by atoms with E-state index >= 15 is 0 Å². The minimum atomic E-state index is -0.623. The molecule has 1 N–H and O–H groups in total. The summed E-state index contributed by atoms with van der Waals surface area (Å²) in [6.45, 7) is 14.8. The fourth-order valence-corrected chi connectivity index (χ4v) is 3.29. The van der Waals surface area contributed by atoms with E-state index in [0.717, 1.165) is 19.3 Å². The largest absolute Gasteiger partial charge is 0.390 e. The van der Waals surface area contributed by atoms with Crippen molar-refractivity contribution in [3.63, 3.8) is 0 Å². The zero-order valence-corrected chi connectivity index (χ0v) is 12.6. The Morgan fingerprint density at radius 1 is 1.29 bits per heavy atom. The van der Waals surface area contributed by atoms with Crippen molar-refractivity contribution in [3.8, 4) is 0 Å². The fourth-order valence-electron chi connectivity index (χ4n) is 3.29. The quantitative estimate of drug-likeness (QED) is 0.813. The second-order valence-corrected chi connectivity index (χ2v) is 7.51. The molecule has 0 radical (unpaired) electrons. The predicted octanol–water partition coefficient (Wildman–Crippen LogP) is 3.77. The van der Waals surface area contributed by atoms with E-state index in [1.165, 1.54) is 0 Å². The summed E-state index contributed by atoms with van der Waals surface area (Å²) in [6.07, 6.45) is 2.86. The van der Waals surface area contributed by atoms with Crippen LogP contribution in [0.25, 0.3) is 0 Å². The Morgan fingerprint density at radius 2 is 1.82 bits per heavy atom. The Kier molecular flexibility index (Phi) is 4.01. The number of hydrogen-bond acceptors (Lipinski definition) is 2. The van der Waals surface area contributed by atoms with Crippen molar-refractivity contribution in [3.05, 3.63) is 0 Å². The SMILES string of the molecule is CC(C)CCC(C)(O)C1CC(C)(C)OC1(C)C. The minimum Gasteiger partial charge on any atom is -0.390 e. The molecule has 1 aliphatic heterocycles. The van der Waals surface area contributed by atoms with Crippen molar-refractivity contribution < 1.29 is 9.84 Å². The lowest BCUT2D eigenvalue weighted by Crippen LogP contribution is -2.44. The first-order valence-electron chi connectivity index (χ1n) is 6.89. The van der Waals surface area contributed by atoms with Crippen LogP contribution < -0.4 is 0 Å². The highest BCUT2D eigenvalue weighted by atomic mass is 16.5. The van der Waals surface area contributed by atoms with E-state index in [-0.39, 0.29) is 17.1 Å². The molecule has 0 aromatic rings. The summed E-state index contributed by atoms with van der Waals surface area (Å²) in [5.41, 5.74) is -0.971. The predicted molar refractivity (Wildman–Crippen MR) is 72.0 cm³/mol. The van der Waals surface area contributed by atoms with Crippen LogP contribution in [-0.2, 0) is 4.74 Å². The number of aliphatic hydroxyl groups is 1. The Morgan fingerprint density at radius 3 is 2.18 bits per heavy atom. The van der Waals surface area contributed by atoms with Gasteiger partial charge in [0.15, 0.2) is 0 Å². The van der Waals surface area contributed by atoms with Gasteiger partial charge in [-0.25, -0.2) is 0 Å². The lowest BCUT2D eigenvalue weighted by Gasteiger charge is -2.38. The first-order chi connectivity index (χ1) is 7.46. The number of rotatable bonds is 4. The molecular formula is C15H30O2. The Hall–Kier alpha value is -0.0800. The summed E-state index contributed by atoms with van der Waals surface area (Å²) in [4.78, 5) is 0. The van der Waals surface area contributed by atoms with E-state index in [2.05, 4.69) is 41.5 Å². The van der Waals surface area contributed by atoms with E-state index in [1.807, 2.05) is 6.92 Å². The summed E-state index contributed by atoms with van der Waals surface area (Å²) in [5.74, 6) is 0.851. The molecule has 1 heterocycles. The Balaban J connectivity index is 2.77. The van der Waals surface area contributed by atoms with Gasteiger partial charge >= 0.3 is 0 Å². The van der Waals surface area contributed by atoms with Gasteiger partial charge in [0.25, 0.3) is 0 Å². The molecule has 1 rings (SSSR count). The molecule has 0 aromatic heterocycles. The van der Waals surface area contributed by atoms with Crippen LogP contribution in [0.3, 0.4) is 0 Å². The molecule has 2 heteroatoms. The zero-order valence-electron chi connectivity index (χ0n) is 12.6. The molecule has 0 aliphatic carbocycles. The molecule has 2 nitrogen and oxygen atoms in total. The zero-order chi connectivity index (χ0) is 13.5. The van der Waals surface area contributed by atoms with Crippen LogP contribution in [0.4, 0.5) is 0 Å². The summed E-state index contributed by atoms with van der Waals surface area (Å²) >= 11 is 0. The third-order valence-corrected chi connectivity index (χ3v) is 4.05. The molecule has 1 fully saturated rings. The van der Waals surface area contributed by atoms with Crippen molar-refractivity contribution in [1.82, 2.24) is 0 Å². The van der Waals surface area contributed by atoms with Crippen molar-refractivity contribution in [1.29, 1.82) is 0 Å². The molecule has 2 unspecified atom stereocenters. The van der Waals surface area contributed by atoms with Crippen molar-refractivity contribution in [2.24, 2.45) is 11.8 Å². The highest BCUT2D eigenvalue weighted by Gasteiger charge is 2.52. The smallest absolute Gasteiger partial charge is 0.0690 e. The molecule has 102 valence electrons. The molecule has 0 bridgehead atoms. The van der Waals surface area contributed by atoms with Crippen LogP contribution in [0.15, 0.2) is 0 Å². The molecule has 1 saturated heterocycles. The van der Waals surface area contributed by atoms with Crippen LogP contribution in [0.1, 0.15) is 67.7 Å². The molecule has 0 saturated carbocycles. The average molecular weight is 242 g/mol. The third kappa shape index (κ3) is 3.69. The molecule has 2 atom stereocenters. The van der Waals surface area contributed by atoms with Gasteiger partial charge in [0, 0.05) is 5.92 Å². The van der Waals surface area contributed by atoms with E-state index < -0.39 is 5.60 Å². The lowest BCUT2D eigenvalue weighted by atomic mass is 9.73. The molecule has 1 aliphatic rings. The summed E-state index contributed by atoms with van der Waals surface area (Å²) < 4.78 is 6.08. The number of hydrogen-bond donors (Lipinski definition) is 1. The highest BCUT2D eigenvalue weighted by molar-refractivity contribution is 5.02. The van der Waals surface area contributed by atoms with E-state index in [1.54, 1.807) is 0 Å². The normalized spacial score (nSPS) is 30.5. The van der Waals surface area contributed by atoms with Crippen molar-refractivity contribution in [2.45, 2.75) is 84.5 Å². The van der Waals surface area contributed by atoms with Gasteiger partial charge in [-0.1, -0.05) is 13.8 Å². The maximum absolute atomic E-state index is 10.8. The molecular weight excluding hydrogens is 212 g/mol. The van der Waals surface area contributed by atoms with Gasteiger partial charge in [-0.2, -0.15) is 0 Å². The maximum Gasteiger partial charge on any atom is 0.0690 e. The van der Waals surface area contributed by atoms with Crippen LogP contribution in [0, 0.1) is 11.8 Å². The number of ether oxygens (including phenoxy) is 1. The monoisotopic (exact) mass is 242 g/mol. The Labute approximate surface area is 107 Å². The minimum absolute atomic E-state index is 0.115. The van der Waals surface area contributed by atoms with Crippen LogP contribution in [-0.4, -0.2) is 21.9 Å². The fraction of sp³-hybridized carbons (Fsp3) is 1.00. The highest BCUT2D eigenvalue weighted by Crippen LogP contribution is 2.48. The topological polar surface area (TPSA) is 29.5 Å². The second-order valence-electron chi connectivity index (χ2n) is 7.51. The molecule has 0 spiro atoms. The van der Waals surface area contributed by atoms with Gasteiger partial charge in [0.05, 0.1) is 16.8 Å². The van der Waals surface area contributed by atoms with Gasteiger partial charge in [-0.05, 0) is 59.8 Å². The molecule has 17 heavy (non-hydrogen) atoms. The van der Waals surface area contributed by atoms with Gasteiger partial charge in [0.1, 0.15) is 0 Å². The molecule has 0 aromatic carbocycles. The summed E-state index contributed by atoms with van der Waals surface area (Å²) in [7, 11) is 0. The van der Waals surface area contributed by atoms with E-state index in [4.69, 9.17) is 4.74 Å². The van der Waals surface area contributed by atoms with Gasteiger partial charge in [-0.15, -0.1) is 0 Å².